The van der Waals surface area contributed by atoms with Gasteiger partial charge in [-0.1, -0.05) is 36.4 Å². The van der Waals surface area contributed by atoms with E-state index in [4.69, 9.17) is 4.42 Å². The van der Waals surface area contributed by atoms with E-state index in [-0.39, 0.29) is 6.01 Å². The first kappa shape index (κ1) is 17.2. The molecule has 0 aliphatic carbocycles. The minimum Gasteiger partial charge on any atom is -0.374 e. The predicted octanol–water partition coefficient (Wildman–Crippen LogP) is 2.07. The van der Waals surface area contributed by atoms with Gasteiger partial charge in [-0.05, 0) is 24.3 Å². The molecule has 1 aromatic heterocycles. The Balaban J connectivity index is 1.97. The highest BCUT2D eigenvalue weighted by atomic mass is 16.4. The number of anilines is 3. The average molecular weight is 352 g/mol. The van der Waals surface area contributed by atoms with Crippen LogP contribution in [0.1, 0.15) is 0 Å². The Morgan fingerprint density at radius 3 is 2.00 bits per heavy atom. The molecule has 3 aromatic rings. The number of nitrogens with zero attached hydrogens (tertiary/aromatic N) is 4. The summed E-state index contributed by atoms with van der Waals surface area (Å²) < 4.78 is 5.44. The van der Waals surface area contributed by atoms with E-state index in [0.29, 0.717) is 15.9 Å². The molecule has 0 unspecified atom stereocenters. The number of aromatic nitrogens is 2. The van der Waals surface area contributed by atoms with Crippen molar-refractivity contribution < 1.29 is 9.21 Å². The number of hydrogen-bond donors (Lipinski definition) is 0. The summed E-state index contributed by atoms with van der Waals surface area (Å²) in [5.74, 6) is -1.10. The molecule has 0 atom stereocenters. The average Bonchev–Trinajstić information content (AvgIpc) is 2.67. The van der Waals surface area contributed by atoms with Crippen molar-refractivity contribution in [3.63, 3.8) is 0 Å². The van der Waals surface area contributed by atoms with Gasteiger partial charge in [-0.25, -0.2) is 14.4 Å². The van der Waals surface area contributed by atoms with Crippen LogP contribution in [0.15, 0.2) is 74.7 Å². The Morgan fingerprint density at radius 2 is 1.46 bits per heavy atom. The number of para-hydroxylation sites is 2. The van der Waals surface area contributed by atoms with E-state index in [0.717, 1.165) is 0 Å². The van der Waals surface area contributed by atoms with Crippen LogP contribution in [0.3, 0.4) is 0 Å². The second-order valence-corrected chi connectivity index (χ2v) is 5.45. The minimum absolute atomic E-state index is 0.197. The van der Waals surface area contributed by atoms with Gasteiger partial charge in [0.25, 0.3) is 0 Å². The maximum atomic E-state index is 12.5. The Hall–Kier alpha value is -3.68. The molecule has 0 aliphatic rings. The highest BCUT2D eigenvalue weighted by molar-refractivity contribution is 5.92. The fourth-order valence-corrected chi connectivity index (χ4v) is 2.33. The van der Waals surface area contributed by atoms with Crippen LogP contribution in [0.2, 0.25) is 0 Å². The zero-order valence-corrected chi connectivity index (χ0v) is 14.2. The van der Waals surface area contributed by atoms with E-state index >= 15 is 0 Å². The molecular formula is C18H16N4O4. The molecule has 3 rings (SSSR count). The lowest BCUT2D eigenvalue weighted by atomic mass is 10.3. The van der Waals surface area contributed by atoms with Crippen molar-refractivity contribution in [1.82, 2.24) is 9.55 Å². The first-order chi connectivity index (χ1) is 12.5. The molecular weight excluding hydrogens is 336 g/mol. The van der Waals surface area contributed by atoms with E-state index in [1.807, 2.05) is 6.07 Å². The first-order valence-electron chi connectivity index (χ1n) is 7.75. The Morgan fingerprint density at radius 1 is 0.923 bits per heavy atom. The Bertz CT molecular complexity index is 997. The van der Waals surface area contributed by atoms with E-state index in [2.05, 4.69) is 4.98 Å². The molecule has 0 bridgehead atoms. The summed E-state index contributed by atoms with van der Waals surface area (Å²) in [5.41, 5.74) is 0.189. The summed E-state index contributed by atoms with van der Waals surface area (Å²) in [6.45, 7) is 0. The van der Waals surface area contributed by atoms with Gasteiger partial charge in [0, 0.05) is 25.5 Å². The van der Waals surface area contributed by atoms with Gasteiger partial charge in [-0.2, -0.15) is 0 Å². The third-order valence-electron chi connectivity index (χ3n) is 3.80. The third-order valence-corrected chi connectivity index (χ3v) is 3.80. The van der Waals surface area contributed by atoms with Gasteiger partial charge in [0.15, 0.2) is 0 Å². The van der Waals surface area contributed by atoms with Gasteiger partial charge in [0.2, 0.25) is 0 Å². The second kappa shape index (κ2) is 7.06. The van der Waals surface area contributed by atoms with Crippen LogP contribution in [-0.2, 0) is 0 Å². The number of benzene rings is 2. The standard InChI is InChI=1S/C18H16N4O4/c1-20(13-9-5-3-6-10-13)16-19-15(23)22(18(25)26-16)17(24)21(2)14-11-7-4-8-12-14/h3-12H,1-2H3. The van der Waals surface area contributed by atoms with Crippen LogP contribution in [-0.4, -0.2) is 29.7 Å². The molecule has 2 aromatic carbocycles. The van der Waals surface area contributed by atoms with E-state index in [1.165, 1.54) is 16.8 Å². The molecule has 0 radical (unpaired) electrons. The first-order valence-corrected chi connectivity index (χ1v) is 7.75. The predicted molar refractivity (Wildman–Crippen MR) is 97.2 cm³/mol. The summed E-state index contributed by atoms with van der Waals surface area (Å²) in [7, 11) is 3.05. The lowest BCUT2D eigenvalue weighted by Gasteiger charge is -2.18. The maximum Gasteiger partial charge on any atom is 0.434 e. The topological polar surface area (TPSA) is 88.7 Å². The lowest BCUT2D eigenvalue weighted by molar-refractivity contribution is 0.243. The molecule has 0 N–H and O–H groups in total. The van der Waals surface area contributed by atoms with Crippen LogP contribution in [0.4, 0.5) is 22.2 Å². The van der Waals surface area contributed by atoms with Crippen molar-refractivity contribution in [3.05, 3.63) is 81.7 Å². The fourth-order valence-electron chi connectivity index (χ4n) is 2.33. The summed E-state index contributed by atoms with van der Waals surface area (Å²) in [5, 5.41) is 0. The molecule has 8 nitrogen and oxygen atoms in total. The number of rotatable bonds is 3. The number of amides is 1. The zero-order chi connectivity index (χ0) is 18.7. The van der Waals surface area contributed by atoms with Crippen LogP contribution < -0.4 is 21.2 Å². The number of carbonyl (C=O) groups excluding carboxylic acids is 1. The van der Waals surface area contributed by atoms with Crippen LogP contribution in [0.5, 0.6) is 0 Å². The largest absolute Gasteiger partial charge is 0.434 e. The van der Waals surface area contributed by atoms with Gasteiger partial charge < -0.3 is 4.42 Å². The van der Waals surface area contributed by atoms with Crippen LogP contribution >= 0.6 is 0 Å². The van der Waals surface area contributed by atoms with Gasteiger partial charge in [0.1, 0.15) is 0 Å². The van der Waals surface area contributed by atoms with Gasteiger partial charge in [-0.3, -0.25) is 9.80 Å². The highest BCUT2D eigenvalue weighted by Crippen LogP contribution is 2.18. The summed E-state index contributed by atoms with van der Waals surface area (Å²) >= 11 is 0. The van der Waals surface area contributed by atoms with Crippen molar-refractivity contribution in [2.24, 2.45) is 0 Å². The van der Waals surface area contributed by atoms with Crippen LogP contribution in [0.25, 0.3) is 0 Å². The van der Waals surface area contributed by atoms with Crippen molar-refractivity contribution in [2.75, 3.05) is 23.9 Å². The van der Waals surface area contributed by atoms with Gasteiger partial charge >= 0.3 is 23.5 Å². The quantitative estimate of drug-likeness (QED) is 0.717. The molecule has 1 heterocycles. The molecule has 0 aliphatic heterocycles. The number of hydrogen-bond acceptors (Lipinski definition) is 6. The van der Waals surface area contributed by atoms with E-state index < -0.39 is 17.5 Å². The Kier molecular flexibility index (Phi) is 4.66. The minimum atomic E-state index is -1.10. The van der Waals surface area contributed by atoms with Crippen molar-refractivity contribution in [2.45, 2.75) is 0 Å². The van der Waals surface area contributed by atoms with Gasteiger partial charge in [-0.15, -0.1) is 9.55 Å². The monoisotopic (exact) mass is 352 g/mol. The molecule has 0 saturated heterocycles. The second-order valence-electron chi connectivity index (χ2n) is 5.45. The highest BCUT2D eigenvalue weighted by Gasteiger charge is 2.21. The Labute approximate surface area is 148 Å². The van der Waals surface area contributed by atoms with E-state index in [9.17, 15) is 14.4 Å². The summed E-state index contributed by atoms with van der Waals surface area (Å²) in [6.07, 6.45) is 0. The summed E-state index contributed by atoms with van der Waals surface area (Å²) in [6, 6.07) is 16.5. The SMILES string of the molecule is CN(C(=O)n1c(=O)nc(N(C)c2ccccc2)oc1=O)c1ccccc1. The normalized spacial score (nSPS) is 10.4. The lowest BCUT2D eigenvalue weighted by Crippen LogP contribution is -2.46. The summed E-state index contributed by atoms with van der Waals surface area (Å²) in [4.78, 5) is 43.4. The molecule has 8 heteroatoms. The van der Waals surface area contributed by atoms with Crippen molar-refractivity contribution in [3.8, 4) is 0 Å². The molecule has 0 spiro atoms. The van der Waals surface area contributed by atoms with Gasteiger partial charge in [0.05, 0.1) is 0 Å². The smallest absolute Gasteiger partial charge is 0.374 e. The van der Waals surface area contributed by atoms with E-state index in [1.54, 1.807) is 61.6 Å². The number of carbonyl (C=O) groups is 1. The van der Waals surface area contributed by atoms with Crippen LogP contribution in [0, 0.1) is 0 Å². The van der Waals surface area contributed by atoms with Crippen molar-refractivity contribution in [1.29, 1.82) is 0 Å². The molecule has 1 amide bonds. The molecule has 132 valence electrons. The molecule has 0 saturated carbocycles. The maximum absolute atomic E-state index is 12.5. The van der Waals surface area contributed by atoms with Crippen molar-refractivity contribution >= 4 is 23.4 Å². The molecule has 0 fully saturated rings. The third kappa shape index (κ3) is 3.25. The fraction of sp³-hybridized carbons (Fsp3) is 0.111. The molecule has 26 heavy (non-hydrogen) atoms. The zero-order valence-electron chi connectivity index (χ0n) is 14.2.